The molecular formula is C15H21N3. The summed E-state index contributed by atoms with van der Waals surface area (Å²) >= 11 is 0. The molecule has 1 aliphatic rings. The van der Waals surface area contributed by atoms with Crippen molar-refractivity contribution in [3.05, 3.63) is 24.3 Å². The Bertz CT molecular complexity index is 538. The summed E-state index contributed by atoms with van der Waals surface area (Å²) < 4.78 is 2.15. The monoisotopic (exact) mass is 243 g/mol. The number of anilines is 1. The molecule has 0 amide bonds. The summed E-state index contributed by atoms with van der Waals surface area (Å²) in [4.78, 5) is 4.68. The third-order valence-electron chi connectivity index (χ3n) is 4.25. The summed E-state index contributed by atoms with van der Waals surface area (Å²) in [6.45, 7) is 2.29. The first kappa shape index (κ1) is 11.6. The first-order valence-corrected chi connectivity index (χ1v) is 6.93. The number of benzene rings is 1. The van der Waals surface area contributed by atoms with Gasteiger partial charge in [-0.15, -0.1) is 0 Å². The van der Waals surface area contributed by atoms with E-state index in [1.807, 2.05) is 6.07 Å². The van der Waals surface area contributed by atoms with Crippen molar-refractivity contribution >= 4 is 17.0 Å². The van der Waals surface area contributed by atoms with Crippen LogP contribution in [-0.4, -0.2) is 15.6 Å². The molecule has 1 aromatic heterocycles. The minimum absolute atomic E-state index is 0.517. The third-order valence-corrected chi connectivity index (χ3v) is 4.25. The van der Waals surface area contributed by atoms with Crippen LogP contribution in [0, 0.1) is 5.92 Å². The number of aryl methyl sites for hydroxylation is 1. The van der Waals surface area contributed by atoms with Crippen molar-refractivity contribution in [1.82, 2.24) is 9.55 Å². The lowest BCUT2D eigenvalue weighted by Gasteiger charge is -2.20. The van der Waals surface area contributed by atoms with Crippen molar-refractivity contribution in [2.45, 2.75) is 38.6 Å². The lowest BCUT2D eigenvalue weighted by molar-refractivity contribution is 0.479. The highest BCUT2D eigenvalue weighted by Crippen LogP contribution is 2.29. The van der Waals surface area contributed by atoms with Gasteiger partial charge < -0.3 is 9.88 Å². The van der Waals surface area contributed by atoms with Gasteiger partial charge in [-0.2, -0.15) is 0 Å². The zero-order valence-corrected chi connectivity index (χ0v) is 11.2. The van der Waals surface area contributed by atoms with Crippen LogP contribution in [0.5, 0.6) is 0 Å². The minimum atomic E-state index is 0.517. The van der Waals surface area contributed by atoms with Crippen LogP contribution in [-0.2, 0) is 7.05 Å². The fraction of sp³-hybridized carbons (Fsp3) is 0.533. The van der Waals surface area contributed by atoms with E-state index >= 15 is 0 Å². The zero-order valence-electron chi connectivity index (χ0n) is 11.2. The largest absolute Gasteiger partial charge is 0.353 e. The number of hydrogen-bond donors (Lipinski definition) is 1. The second-order valence-corrected chi connectivity index (χ2v) is 5.46. The Hall–Kier alpha value is -1.51. The van der Waals surface area contributed by atoms with Crippen LogP contribution < -0.4 is 5.32 Å². The van der Waals surface area contributed by atoms with Gasteiger partial charge in [-0.3, -0.25) is 0 Å². The van der Waals surface area contributed by atoms with Gasteiger partial charge in [-0.1, -0.05) is 25.0 Å². The second kappa shape index (κ2) is 4.63. The molecule has 3 rings (SSSR count). The maximum Gasteiger partial charge on any atom is 0.203 e. The molecule has 1 atom stereocenters. The Balaban J connectivity index is 1.83. The summed E-state index contributed by atoms with van der Waals surface area (Å²) in [5.41, 5.74) is 2.26. The van der Waals surface area contributed by atoms with Crippen LogP contribution in [0.25, 0.3) is 11.0 Å². The van der Waals surface area contributed by atoms with Gasteiger partial charge in [0.1, 0.15) is 0 Å². The minimum Gasteiger partial charge on any atom is -0.353 e. The van der Waals surface area contributed by atoms with Crippen LogP contribution in [0.15, 0.2) is 24.3 Å². The molecule has 3 nitrogen and oxygen atoms in total. The van der Waals surface area contributed by atoms with E-state index in [1.54, 1.807) is 0 Å². The third kappa shape index (κ3) is 1.98. The number of nitrogens with one attached hydrogen (secondary N) is 1. The van der Waals surface area contributed by atoms with Crippen LogP contribution >= 0.6 is 0 Å². The van der Waals surface area contributed by atoms with Crippen LogP contribution in [0.4, 0.5) is 5.95 Å². The molecule has 1 N–H and O–H groups in total. The first-order chi connectivity index (χ1) is 8.75. The van der Waals surface area contributed by atoms with E-state index in [0.717, 1.165) is 17.4 Å². The van der Waals surface area contributed by atoms with Gasteiger partial charge in [-0.25, -0.2) is 4.98 Å². The molecular weight excluding hydrogens is 222 g/mol. The fourth-order valence-electron chi connectivity index (χ4n) is 3.05. The average Bonchev–Trinajstić information content (AvgIpc) is 3.00. The Morgan fingerprint density at radius 1 is 1.28 bits per heavy atom. The SMILES string of the molecule is CC(Nc1nc2ccccc2n1C)C1CCCC1. The van der Waals surface area contributed by atoms with Gasteiger partial charge in [0.2, 0.25) is 5.95 Å². The molecule has 0 spiro atoms. The van der Waals surface area contributed by atoms with Crippen LogP contribution in [0.1, 0.15) is 32.6 Å². The van der Waals surface area contributed by atoms with Crippen LogP contribution in [0.3, 0.4) is 0 Å². The van der Waals surface area contributed by atoms with E-state index in [1.165, 1.54) is 31.2 Å². The van der Waals surface area contributed by atoms with E-state index < -0.39 is 0 Å². The average molecular weight is 243 g/mol. The predicted octanol–water partition coefficient (Wildman–Crippen LogP) is 3.56. The molecule has 2 aromatic rings. The summed E-state index contributed by atoms with van der Waals surface area (Å²) in [5.74, 6) is 1.81. The molecule has 0 aliphatic heterocycles. The van der Waals surface area contributed by atoms with Crippen molar-refractivity contribution in [1.29, 1.82) is 0 Å². The molecule has 1 fully saturated rings. The molecule has 18 heavy (non-hydrogen) atoms. The summed E-state index contributed by atoms with van der Waals surface area (Å²) in [5, 5.41) is 3.59. The summed E-state index contributed by atoms with van der Waals surface area (Å²) in [7, 11) is 2.08. The smallest absolute Gasteiger partial charge is 0.203 e. The predicted molar refractivity (Wildman–Crippen MR) is 75.8 cm³/mol. The molecule has 0 bridgehead atoms. The van der Waals surface area contributed by atoms with Crippen molar-refractivity contribution in [2.75, 3.05) is 5.32 Å². The van der Waals surface area contributed by atoms with Crippen molar-refractivity contribution in [3.63, 3.8) is 0 Å². The Morgan fingerprint density at radius 2 is 2.00 bits per heavy atom. The molecule has 1 aliphatic carbocycles. The number of fused-ring (bicyclic) bond motifs is 1. The quantitative estimate of drug-likeness (QED) is 0.893. The highest BCUT2D eigenvalue weighted by molar-refractivity contribution is 5.78. The number of hydrogen-bond acceptors (Lipinski definition) is 2. The highest BCUT2D eigenvalue weighted by atomic mass is 15.2. The zero-order chi connectivity index (χ0) is 12.5. The van der Waals surface area contributed by atoms with E-state index in [-0.39, 0.29) is 0 Å². The van der Waals surface area contributed by atoms with E-state index in [2.05, 4.69) is 47.0 Å². The van der Waals surface area contributed by atoms with Gasteiger partial charge >= 0.3 is 0 Å². The van der Waals surface area contributed by atoms with Crippen LogP contribution in [0.2, 0.25) is 0 Å². The van der Waals surface area contributed by atoms with E-state index in [9.17, 15) is 0 Å². The molecule has 1 heterocycles. The molecule has 1 aromatic carbocycles. The fourth-order valence-corrected chi connectivity index (χ4v) is 3.05. The normalized spacial score (nSPS) is 18.3. The van der Waals surface area contributed by atoms with E-state index in [4.69, 9.17) is 0 Å². The Morgan fingerprint density at radius 3 is 2.72 bits per heavy atom. The summed E-state index contributed by atoms with van der Waals surface area (Å²) in [6.07, 6.45) is 5.49. The number of nitrogens with zero attached hydrogens (tertiary/aromatic N) is 2. The Labute approximate surface area is 108 Å². The van der Waals surface area contributed by atoms with Crippen molar-refractivity contribution in [2.24, 2.45) is 13.0 Å². The maximum absolute atomic E-state index is 4.68. The molecule has 1 saturated carbocycles. The number of aromatic nitrogens is 2. The van der Waals surface area contributed by atoms with Gasteiger partial charge in [0.05, 0.1) is 11.0 Å². The maximum atomic E-state index is 4.68. The Kier molecular flexibility index (Phi) is 2.98. The number of rotatable bonds is 3. The molecule has 3 heteroatoms. The lowest BCUT2D eigenvalue weighted by Crippen LogP contribution is -2.25. The first-order valence-electron chi connectivity index (χ1n) is 6.93. The van der Waals surface area contributed by atoms with Crippen molar-refractivity contribution < 1.29 is 0 Å². The standard InChI is InChI=1S/C15H21N3/c1-11(12-7-3-4-8-12)16-15-17-13-9-5-6-10-14(13)18(15)2/h5-6,9-12H,3-4,7-8H2,1-2H3,(H,16,17). The topological polar surface area (TPSA) is 29.9 Å². The van der Waals surface area contributed by atoms with Gasteiger partial charge in [0.25, 0.3) is 0 Å². The van der Waals surface area contributed by atoms with E-state index in [0.29, 0.717) is 6.04 Å². The van der Waals surface area contributed by atoms with Gasteiger partial charge in [0, 0.05) is 13.1 Å². The molecule has 1 unspecified atom stereocenters. The second-order valence-electron chi connectivity index (χ2n) is 5.46. The highest BCUT2D eigenvalue weighted by Gasteiger charge is 2.22. The number of para-hydroxylation sites is 2. The van der Waals surface area contributed by atoms with Crippen molar-refractivity contribution in [3.8, 4) is 0 Å². The molecule has 0 radical (unpaired) electrons. The van der Waals surface area contributed by atoms with Gasteiger partial charge in [-0.05, 0) is 37.8 Å². The van der Waals surface area contributed by atoms with Gasteiger partial charge in [0.15, 0.2) is 0 Å². The molecule has 0 saturated heterocycles. The summed E-state index contributed by atoms with van der Waals surface area (Å²) in [6, 6.07) is 8.81. The number of imidazole rings is 1. The molecule has 96 valence electrons. The lowest BCUT2D eigenvalue weighted by atomic mass is 10.0.